The van der Waals surface area contributed by atoms with Crippen molar-refractivity contribution in [2.45, 2.75) is 6.04 Å². The summed E-state index contributed by atoms with van der Waals surface area (Å²) in [5, 5.41) is 11.9. The van der Waals surface area contributed by atoms with E-state index in [1.807, 2.05) is 73.6 Å². The maximum absolute atomic E-state index is 12.7. The SMILES string of the molecule is CN(C)[C@H](CNC(=O)c1ccc(-c2nnc(-c3ccccc3)o2)cc1)c1ccccc1Cl. The van der Waals surface area contributed by atoms with Crippen molar-refractivity contribution >= 4 is 17.5 Å². The van der Waals surface area contributed by atoms with E-state index in [0.717, 1.165) is 16.7 Å². The number of hydrogen-bond donors (Lipinski definition) is 1. The van der Waals surface area contributed by atoms with Crippen molar-refractivity contribution < 1.29 is 9.21 Å². The maximum Gasteiger partial charge on any atom is 0.251 e. The van der Waals surface area contributed by atoms with E-state index in [-0.39, 0.29) is 11.9 Å². The lowest BCUT2D eigenvalue weighted by atomic mass is 10.1. The summed E-state index contributed by atoms with van der Waals surface area (Å²) in [4.78, 5) is 14.7. The largest absolute Gasteiger partial charge is 0.416 e. The van der Waals surface area contributed by atoms with E-state index in [4.69, 9.17) is 16.0 Å². The molecule has 0 unspecified atom stereocenters. The molecule has 1 heterocycles. The molecule has 3 aromatic carbocycles. The number of nitrogens with one attached hydrogen (secondary N) is 1. The molecule has 6 nitrogen and oxygen atoms in total. The fourth-order valence-electron chi connectivity index (χ4n) is 3.41. The van der Waals surface area contributed by atoms with Gasteiger partial charge in [-0.05, 0) is 62.1 Å². The first-order valence-corrected chi connectivity index (χ1v) is 10.6. The lowest BCUT2D eigenvalue weighted by Crippen LogP contribution is -2.34. The number of aromatic nitrogens is 2. The van der Waals surface area contributed by atoms with Crippen LogP contribution < -0.4 is 5.32 Å². The molecule has 1 amide bonds. The summed E-state index contributed by atoms with van der Waals surface area (Å²) in [6.45, 7) is 0.432. The molecule has 0 aliphatic carbocycles. The van der Waals surface area contributed by atoms with Gasteiger partial charge in [0.2, 0.25) is 11.8 Å². The van der Waals surface area contributed by atoms with Gasteiger partial charge in [0.1, 0.15) is 0 Å². The molecule has 32 heavy (non-hydrogen) atoms. The Morgan fingerprint density at radius 3 is 2.12 bits per heavy atom. The first-order chi connectivity index (χ1) is 15.5. The first kappa shape index (κ1) is 21.7. The minimum atomic E-state index is -0.161. The zero-order valence-corrected chi connectivity index (χ0v) is 18.6. The molecular weight excluding hydrogens is 424 g/mol. The van der Waals surface area contributed by atoms with Gasteiger partial charge in [-0.1, -0.05) is 48.0 Å². The lowest BCUT2D eigenvalue weighted by Gasteiger charge is -2.26. The molecule has 7 heteroatoms. The zero-order chi connectivity index (χ0) is 22.5. The molecule has 0 spiro atoms. The van der Waals surface area contributed by atoms with Gasteiger partial charge in [0.05, 0.1) is 6.04 Å². The molecule has 0 bridgehead atoms. The van der Waals surface area contributed by atoms with Gasteiger partial charge < -0.3 is 14.6 Å². The third-order valence-corrected chi connectivity index (χ3v) is 5.53. The molecule has 4 rings (SSSR count). The number of carbonyl (C=O) groups excluding carboxylic acids is 1. The van der Waals surface area contributed by atoms with Crippen LogP contribution in [-0.2, 0) is 0 Å². The highest BCUT2D eigenvalue weighted by Gasteiger charge is 2.18. The number of rotatable bonds is 7. The smallest absolute Gasteiger partial charge is 0.251 e. The Morgan fingerprint density at radius 2 is 1.50 bits per heavy atom. The van der Waals surface area contributed by atoms with Gasteiger partial charge in [-0.15, -0.1) is 10.2 Å². The second-order valence-corrected chi connectivity index (χ2v) is 7.97. The van der Waals surface area contributed by atoms with Crippen molar-refractivity contribution in [3.63, 3.8) is 0 Å². The van der Waals surface area contributed by atoms with Crippen LogP contribution >= 0.6 is 11.6 Å². The number of likely N-dealkylation sites (N-methyl/N-ethyl adjacent to an activating group) is 1. The minimum absolute atomic E-state index is 0.0401. The molecule has 162 valence electrons. The van der Waals surface area contributed by atoms with E-state index < -0.39 is 0 Å². The van der Waals surface area contributed by atoms with Crippen molar-refractivity contribution in [2.75, 3.05) is 20.6 Å². The Labute approximate surface area is 191 Å². The summed E-state index contributed by atoms with van der Waals surface area (Å²) in [5.74, 6) is 0.699. The molecular formula is C25H23ClN4O2. The van der Waals surface area contributed by atoms with Gasteiger partial charge in [-0.3, -0.25) is 4.79 Å². The number of carbonyl (C=O) groups is 1. The van der Waals surface area contributed by atoms with Crippen LogP contribution in [0, 0.1) is 0 Å². The lowest BCUT2D eigenvalue weighted by molar-refractivity contribution is 0.0942. The first-order valence-electron chi connectivity index (χ1n) is 10.2. The summed E-state index contributed by atoms with van der Waals surface area (Å²) in [7, 11) is 3.92. The van der Waals surface area contributed by atoms with Gasteiger partial charge in [-0.25, -0.2) is 0 Å². The molecule has 1 atom stereocenters. The van der Waals surface area contributed by atoms with Gasteiger partial charge in [0.15, 0.2) is 0 Å². The molecule has 1 N–H and O–H groups in total. The van der Waals surface area contributed by atoms with Crippen LogP contribution in [0.5, 0.6) is 0 Å². The van der Waals surface area contributed by atoms with Crippen LogP contribution in [0.2, 0.25) is 5.02 Å². The predicted octanol–water partition coefficient (Wildman–Crippen LogP) is 5.09. The highest BCUT2D eigenvalue weighted by Crippen LogP contribution is 2.26. The number of halogens is 1. The van der Waals surface area contributed by atoms with Gasteiger partial charge in [-0.2, -0.15) is 0 Å². The van der Waals surface area contributed by atoms with Gasteiger partial charge in [0.25, 0.3) is 5.91 Å². The molecule has 0 aliphatic heterocycles. The summed E-state index contributed by atoms with van der Waals surface area (Å²) >= 11 is 6.35. The number of amides is 1. The van der Waals surface area contributed by atoms with Crippen molar-refractivity contribution in [3.05, 3.63) is 95.0 Å². The van der Waals surface area contributed by atoms with E-state index in [1.165, 1.54) is 0 Å². The summed E-state index contributed by atoms with van der Waals surface area (Å²) in [5.41, 5.74) is 3.13. The fraction of sp³-hybridized carbons (Fsp3) is 0.160. The number of benzene rings is 3. The van der Waals surface area contributed by atoms with Crippen LogP contribution in [0.15, 0.2) is 83.3 Å². The molecule has 0 fully saturated rings. The quantitative estimate of drug-likeness (QED) is 0.428. The average molecular weight is 447 g/mol. The van der Waals surface area contributed by atoms with Crippen LogP contribution in [0.4, 0.5) is 0 Å². The van der Waals surface area contributed by atoms with Crippen molar-refractivity contribution in [3.8, 4) is 22.9 Å². The third kappa shape index (κ3) is 4.88. The minimum Gasteiger partial charge on any atom is -0.416 e. The highest BCUT2D eigenvalue weighted by molar-refractivity contribution is 6.31. The standard InChI is InChI=1S/C25H23ClN4O2/c1-30(2)22(20-10-6-7-11-21(20)26)16-27-23(31)17-12-14-19(15-13-17)25-29-28-24(32-25)18-8-4-3-5-9-18/h3-15,22H,16H2,1-2H3,(H,27,31)/t22-/m1/s1. The monoisotopic (exact) mass is 446 g/mol. The van der Waals surface area contributed by atoms with E-state index in [9.17, 15) is 4.79 Å². The van der Waals surface area contributed by atoms with Gasteiger partial charge in [0, 0.05) is 28.3 Å². The Hall–Kier alpha value is -3.48. The maximum atomic E-state index is 12.7. The van der Waals surface area contributed by atoms with Crippen molar-refractivity contribution in [1.29, 1.82) is 0 Å². The Morgan fingerprint density at radius 1 is 0.906 bits per heavy atom. The van der Waals surface area contributed by atoms with Crippen molar-refractivity contribution in [1.82, 2.24) is 20.4 Å². The second kappa shape index (κ2) is 9.77. The topological polar surface area (TPSA) is 71.3 Å². The number of nitrogens with zero attached hydrogens (tertiary/aromatic N) is 3. The zero-order valence-electron chi connectivity index (χ0n) is 17.8. The van der Waals surface area contributed by atoms with Crippen LogP contribution in [0.3, 0.4) is 0 Å². The summed E-state index contributed by atoms with van der Waals surface area (Å²) in [6.07, 6.45) is 0. The average Bonchev–Trinajstić information content (AvgIpc) is 3.31. The summed E-state index contributed by atoms with van der Waals surface area (Å²) < 4.78 is 5.78. The molecule has 0 radical (unpaired) electrons. The summed E-state index contributed by atoms with van der Waals surface area (Å²) in [6, 6.07) is 24.3. The molecule has 0 aliphatic rings. The molecule has 0 saturated heterocycles. The normalized spacial score (nSPS) is 12.0. The Kier molecular flexibility index (Phi) is 6.63. The predicted molar refractivity (Wildman–Crippen MR) is 125 cm³/mol. The Balaban J connectivity index is 1.43. The highest BCUT2D eigenvalue weighted by atomic mass is 35.5. The van der Waals surface area contributed by atoms with Crippen LogP contribution in [-0.4, -0.2) is 41.6 Å². The van der Waals surface area contributed by atoms with Crippen molar-refractivity contribution in [2.24, 2.45) is 0 Å². The molecule has 4 aromatic rings. The third-order valence-electron chi connectivity index (χ3n) is 5.18. The van der Waals surface area contributed by atoms with E-state index in [2.05, 4.69) is 15.5 Å². The van der Waals surface area contributed by atoms with Gasteiger partial charge >= 0.3 is 0 Å². The molecule has 1 aromatic heterocycles. The van der Waals surface area contributed by atoms with Crippen LogP contribution in [0.25, 0.3) is 22.9 Å². The second-order valence-electron chi connectivity index (χ2n) is 7.57. The fourth-order valence-corrected chi connectivity index (χ4v) is 3.67. The van der Waals surface area contributed by atoms with E-state index in [1.54, 1.807) is 24.3 Å². The van der Waals surface area contributed by atoms with Crippen LogP contribution in [0.1, 0.15) is 22.0 Å². The molecule has 0 saturated carbocycles. The van der Waals surface area contributed by atoms with E-state index >= 15 is 0 Å². The number of hydrogen-bond acceptors (Lipinski definition) is 5. The Bertz CT molecular complexity index is 1190. The van der Waals surface area contributed by atoms with E-state index in [0.29, 0.717) is 28.9 Å².